The molecule has 0 saturated carbocycles. The second-order valence-electron chi connectivity index (χ2n) is 5.11. The maximum atomic E-state index is 5.90. The van der Waals surface area contributed by atoms with Gasteiger partial charge < -0.3 is 4.74 Å². The van der Waals surface area contributed by atoms with Crippen molar-refractivity contribution in [3.05, 3.63) is 53.2 Å². The average molecular weight is 296 g/mol. The Morgan fingerprint density at radius 3 is 2.43 bits per heavy atom. The van der Waals surface area contributed by atoms with Gasteiger partial charge in [-0.05, 0) is 26.0 Å². The summed E-state index contributed by atoms with van der Waals surface area (Å²) < 4.78 is 6.55. The minimum Gasteiger partial charge on any atom is -0.490 e. The zero-order chi connectivity index (χ0) is 14.8. The maximum Gasteiger partial charge on any atom is 0.129 e. The number of aromatic amines is 1. The van der Waals surface area contributed by atoms with E-state index in [0.717, 1.165) is 27.8 Å². The predicted octanol–water partition coefficient (Wildman–Crippen LogP) is 4.75. The fourth-order valence-electron chi connectivity index (χ4n) is 2.34. The highest BCUT2D eigenvalue weighted by Gasteiger charge is 2.12. The molecule has 0 amide bonds. The smallest absolute Gasteiger partial charge is 0.129 e. The summed E-state index contributed by atoms with van der Waals surface area (Å²) in [5.74, 6) is 0.829. The van der Waals surface area contributed by atoms with Gasteiger partial charge in [-0.25, -0.2) is 0 Å². The fraction of sp³-hybridized carbons (Fsp3) is 0.176. The van der Waals surface area contributed by atoms with E-state index in [1.807, 2.05) is 62.4 Å². The van der Waals surface area contributed by atoms with Crippen LogP contribution in [0.4, 0.5) is 0 Å². The quantitative estimate of drug-likeness (QED) is 0.709. The summed E-state index contributed by atoms with van der Waals surface area (Å²) in [5.41, 5.74) is 1.82. The van der Waals surface area contributed by atoms with Crippen molar-refractivity contribution in [1.29, 1.82) is 0 Å². The van der Waals surface area contributed by atoms with Gasteiger partial charge in [0, 0.05) is 16.3 Å². The number of para-hydroxylation sites is 1. The molecule has 0 aliphatic carbocycles. The lowest BCUT2D eigenvalue weighted by molar-refractivity contribution is 0.243. The van der Waals surface area contributed by atoms with Crippen LogP contribution in [0.5, 0.6) is 5.75 Å². The number of ether oxygens (including phenoxy) is 1. The molecular weight excluding hydrogens is 280 g/mol. The zero-order valence-corrected chi connectivity index (χ0v) is 12.8. The molecule has 106 valence electrons. The minimum atomic E-state index is 0.111. The highest BCUT2D eigenvalue weighted by atomic mass is 32.1. The Balaban J connectivity index is 2.27. The van der Waals surface area contributed by atoms with Crippen molar-refractivity contribution >= 4 is 23.0 Å². The lowest BCUT2D eigenvalue weighted by Crippen LogP contribution is -2.06. The van der Waals surface area contributed by atoms with Crippen molar-refractivity contribution in [2.75, 3.05) is 0 Å². The number of aromatic nitrogens is 2. The third kappa shape index (κ3) is 2.67. The fourth-order valence-corrected chi connectivity index (χ4v) is 2.56. The second-order valence-corrected chi connectivity index (χ2v) is 5.52. The largest absolute Gasteiger partial charge is 0.490 e. The molecule has 0 radical (unpaired) electrons. The Labute approximate surface area is 128 Å². The van der Waals surface area contributed by atoms with E-state index in [2.05, 4.69) is 10.2 Å². The van der Waals surface area contributed by atoms with E-state index in [-0.39, 0.29) is 6.10 Å². The van der Waals surface area contributed by atoms with E-state index in [1.54, 1.807) is 0 Å². The van der Waals surface area contributed by atoms with Gasteiger partial charge in [-0.15, -0.1) is 0 Å². The summed E-state index contributed by atoms with van der Waals surface area (Å²) in [6.07, 6.45) is 0.111. The monoisotopic (exact) mass is 296 g/mol. The van der Waals surface area contributed by atoms with Crippen LogP contribution in [0.1, 0.15) is 13.8 Å². The van der Waals surface area contributed by atoms with E-state index >= 15 is 0 Å². The van der Waals surface area contributed by atoms with Gasteiger partial charge in [0.25, 0.3) is 0 Å². The van der Waals surface area contributed by atoms with Crippen molar-refractivity contribution in [2.24, 2.45) is 0 Å². The number of hydrogen-bond donors (Lipinski definition) is 1. The number of benzene rings is 2. The SMILES string of the molecule is CC(C)Oc1ccccc1-c1n[nH]c(=S)c2ccccc12. The molecule has 0 aliphatic rings. The molecule has 0 unspecified atom stereocenters. The zero-order valence-electron chi connectivity index (χ0n) is 12.0. The van der Waals surface area contributed by atoms with Crippen LogP contribution < -0.4 is 4.74 Å². The van der Waals surface area contributed by atoms with Crippen LogP contribution in [-0.2, 0) is 0 Å². The van der Waals surface area contributed by atoms with Gasteiger partial charge in [-0.3, -0.25) is 5.10 Å². The summed E-state index contributed by atoms with van der Waals surface area (Å²) in [6, 6.07) is 15.9. The van der Waals surface area contributed by atoms with Crippen LogP contribution in [-0.4, -0.2) is 16.3 Å². The molecule has 3 aromatic rings. The first-order valence-electron chi connectivity index (χ1n) is 6.90. The molecule has 0 saturated heterocycles. The van der Waals surface area contributed by atoms with Gasteiger partial charge in [0.05, 0.1) is 6.10 Å². The summed E-state index contributed by atoms with van der Waals surface area (Å²) in [5, 5.41) is 9.39. The number of nitrogens with one attached hydrogen (secondary N) is 1. The summed E-state index contributed by atoms with van der Waals surface area (Å²) in [4.78, 5) is 0. The van der Waals surface area contributed by atoms with Crippen molar-refractivity contribution < 1.29 is 4.74 Å². The number of nitrogens with zero attached hydrogens (tertiary/aromatic N) is 1. The van der Waals surface area contributed by atoms with Gasteiger partial charge in [-0.1, -0.05) is 48.6 Å². The van der Waals surface area contributed by atoms with Gasteiger partial charge in [-0.2, -0.15) is 5.10 Å². The highest BCUT2D eigenvalue weighted by Crippen LogP contribution is 2.33. The molecule has 4 heteroatoms. The predicted molar refractivity (Wildman–Crippen MR) is 88.1 cm³/mol. The van der Waals surface area contributed by atoms with E-state index < -0.39 is 0 Å². The van der Waals surface area contributed by atoms with E-state index in [4.69, 9.17) is 17.0 Å². The van der Waals surface area contributed by atoms with Crippen LogP contribution in [0.25, 0.3) is 22.0 Å². The van der Waals surface area contributed by atoms with Gasteiger partial charge in [0.1, 0.15) is 16.1 Å². The van der Waals surface area contributed by atoms with E-state index in [0.29, 0.717) is 4.64 Å². The van der Waals surface area contributed by atoms with Crippen LogP contribution in [0.2, 0.25) is 0 Å². The van der Waals surface area contributed by atoms with Crippen molar-refractivity contribution in [1.82, 2.24) is 10.2 Å². The third-order valence-electron chi connectivity index (χ3n) is 3.20. The first-order chi connectivity index (χ1) is 10.2. The van der Waals surface area contributed by atoms with Crippen molar-refractivity contribution in [3.63, 3.8) is 0 Å². The molecule has 0 aliphatic heterocycles. The normalized spacial score (nSPS) is 11.0. The lowest BCUT2D eigenvalue weighted by atomic mass is 10.0. The van der Waals surface area contributed by atoms with Gasteiger partial charge in [0.15, 0.2) is 0 Å². The first-order valence-corrected chi connectivity index (χ1v) is 7.31. The molecule has 0 spiro atoms. The first kappa shape index (κ1) is 13.8. The number of H-pyrrole nitrogens is 1. The average Bonchev–Trinajstić information content (AvgIpc) is 2.48. The Morgan fingerprint density at radius 2 is 1.67 bits per heavy atom. The minimum absolute atomic E-state index is 0.111. The summed E-state index contributed by atoms with van der Waals surface area (Å²) in [6.45, 7) is 4.03. The molecule has 1 heterocycles. The Kier molecular flexibility index (Phi) is 3.71. The summed E-state index contributed by atoms with van der Waals surface area (Å²) >= 11 is 5.32. The lowest BCUT2D eigenvalue weighted by Gasteiger charge is -2.14. The molecule has 3 rings (SSSR count). The van der Waals surface area contributed by atoms with Crippen LogP contribution in [0, 0.1) is 4.64 Å². The third-order valence-corrected chi connectivity index (χ3v) is 3.51. The molecule has 1 N–H and O–H groups in total. The van der Waals surface area contributed by atoms with Crippen LogP contribution in [0.3, 0.4) is 0 Å². The van der Waals surface area contributed by atoms with Gasteiger partial charge in [0.2, 0.25) is 0 Å². The Morgan fingerprint density at radius 1 is 1.00 bits per heavy atom. The van der Waals surface area contributed by atoms with Crippen LogP contribution >= 0.6 is 12.2 Å². The molecule has 0 bridgehead atoms. The molecular formula is C17H16N2OS. The standard InChI is InChI=1S/C17H16N2OS/c1-11(2)20-15-10-6-5-9-14(15)16-12-7-3-4-8-13(12)17(21)19-18-16/h3-11H,1-2H3,(H,19,21). The Bertz CT molecular complexity index is 839. The topological polar surface area (TPSA) is 37.9 Å². The molecule has 0 fully saturated rings. The molecule has 3 nitrogen and oxygen atoms in total. The second kappa shape index (κ2) is 5.66. The highest BCUT2D eigenvalue weighted by molar-refractivity contribution is 7.71. The summed E-state index contributed by atoms with van der Waals surface area (Å²) in [7, 11) is 0. The van der Waals surface area contributed by atoms with E-state index in [9.17, 15) is 0 Å². The van der Waals surface area contributed by atoms with Gasteiger partial charge >= 0.3 is 0 Å². The van der Waals surface area contributed by atoms with Crippen molar-refractivity contribution in [3.8, 4) is 17.0 Å². The number of hydrogen-bond acceptors (Lipinski definition) is 3. The number of rotatable bonds is 3. The number of fused-ring (bicyclic) bond motifs is 1. The molecule has 2 aromatic carbocycles. The van der Waals surface area contributed by atoms with E-state index in [1.165, 1.54) is 0 Å². The maximum absolute atomic E-state index is 5.90. The van der Waals surface area contributed by atoms with Crippen molar-refractivity contribution in [2.45, 2.75) is 20.0 Å². The molecule has 21 heavy (non-hydrogen) atoms. The molecule has 0 atom stereocenters. The molecule has 1 aromatic heterocycles. The van der Waals surface area contributed by atoms with Crippen LogP contribution in [0.15, 0.2) is 48.5 Å². The Hall–Kier alpha value is -2.20.